The number of allylic oxidation sites excluding steroid dienone is 1. The summed E-state index contributed by atoms with van der Waals surface area (Å²) in [5.74, 6) is 0. The molecule has 40 heavy (non-hydrogen) atoms. The van der Waals surface area contributed by atoms with Crippen LogP contribution in [-0.4, -0.2) is 85.8 Å². The summed E-state index contributed by atoms with van der Waals surface area (Å²) in [6.07, 6.45) is 8.35. The maximum Gasteiger partial charge on any atom is 0.146 e. The van der Waals surface area contributed by atoms with Crippen LogP contribution in [0.2, 0.25) is 0 Å². The van der Waals surface area contributed by atoms with E-state index in [1.54, 1.807) is 0 Å². The van der Waals surface area contributed by atoms with Gasteiger partial charge in [-0.3, -0.25) is 4.90 Å². The van der Waals surface area contributed by atoms with Crippen LogP contribution in [0.1, 0.15) is 31.2 Å². The van der Waals surface area contributed by atoms with E-state index in [2.05, 4.69) is 62.9 Å². The largest absolute Gasteiger partial charge is 0.382 e. The molecule has 0 bridgehead atoms. The molecule has 5 aliphatic rings. The third-order valence-corrected chi connectivity index (χ3v) is 11.2. The maximum atomic E-state index is 10.6. The Morgan fingerprint density at radius 3 is 2.42 bits per heavy atom. The van der Waals surface area contributed by atoms with Crippen molar-refractivity contribution in [3.8, 4) is 0 Å². The fraction of sp³-hybridized carbons (Fsp3) is 0.484. The number of nitrogens with one attached hydrogen (secondary N) is 2. The fourth-order valence-electron chi connectivity index (χ4n) is 6.44. The van der Waals surface area contributed by atoms with E-state index in [4.69, 9.17) is 9.47 Å². The van der Waals surface area contributed by atoms with Crippen molar-refractivity contribution in [2.24, 2.45) is 0 Å². The monoisotopic (exact) mass is 578 g/mol. The highest BCUT2D eigenvalue weighted by Gasteiger charge is 2.28. The third-order valence-electron chi connectivity index (χ3n) is 8.57. The second-order valence-corrected chi connectivity index (χ2v) is 13.3. The summed E-state index contributed by atoms with van der Waals surface area (Å²) in [5, 5.41) is 17.8. The van der Waals surface area contributed by atoms with Gasteiger partial charge in [-0.2, -0.15) is 0 Å². The molecule has 0 radical (unpaired) electrons. The van der Waals surface area contributed by atoms with Crippen LogP contribution >= 0.6 is 23.5 Å². The van der Waals surface area contributed by atoms with E-state index in [1.807, 2.05) is 29.6 Å². The first kappa shape index (κ1) is 26.7. The summed E-state index contributed by atoms with van der Waals surface area (Å²) >= 11 is 3.68. The molecule has 212 valence electrons. The number of morpholine rings is 2. The normalized spacial score (nSPS) is 27.1. The number of hydrogen-bond acceptors (Lipinski definition) is 9. The molecule has 7 nitrogen and oxygen atoms in total. The molecule has 1 aliphatic carbocycles. The fourth-order valence-corrected chi connectivity index (χ4v) is 8.85. The van der Waals surface area contributed by atoms with Crippen molar-refractivity contribution in [1.29, 1.82) is 0 Å². The Hall–Kier alpha value is -2.14. The molecular weight excluding hydrogens is 541 g/mol. The van der Waals surface area contributed by atoms with Crippen molar-refractivity contribution < 1.29 is 14.6 Å². The van der Waals surface area contributed by atoms with Crippen LogP contribution in [0.4, 0.5) is 5.69 Å². The molecule has 0 amide bonds. The Morgan fingerprint density at radius 1 is 0.850 bits per heavy atom. The van der Waals surface area contributed by atoms with Crippen LogP contribution in [0.5, 0.6) is 0 Å². The SMILES string of the molecule is OC1C=C(N2CCOCC2)C=C(c2cccc3c2Sc2ccc(NC4CCC(N5CCOCC5)CC4)cc2S3)N1. The van der Waals surface area contributed by atoms with Gasteiger partial charge < -0.3 is 30.1 Å². The highest BCUT2D eigenvalue weighted by atomic mass is 32.2. The van der Waals surface area contributed by atoms with Gasteiger partial charge in [0.15, 0.2) is 0 Å². The smallest absolute Gasteiger partial charge is 0.146 e. The number of dihydropyridines is 1. The molecule has 3 fully saturated rings. The van der Waals surface area contributed by atoms with Gasteiger partial charge in [0, 0.05) is 80.5 Å². The first-order valence-electron chi connectivity index (χ1n) is 14.6. The van der Waals surface area contributed by atoms with Gasteiger partial charge in [0.05, 0.1) is 26.4 Å². The molecule has 9 heteroatoms. The number of fused-ring (bicyclic) bond motifs is 2. The van der Waals surface area contributed by atoms with E-state index in [1.165, 1.54) is 51.0 Å². The Kier molecular flexibility index (Phi) is 8.02. The van der Waals surface area contributed by atoms with E-state index in [-0.39, 0.29) is 0 Å². The number of rotatable bonds is 5. The summed E-state index contributed by atoms with van der Waals surface area (Å²) < 4.78 is 11.1. The summed E-state index contributed by atoms with van der Waals surface area (Å²) in [4.78, 5) is 10.0. The molecule has 7 rings (SSSR count). The van der Waals surface area contributed by atoms with Crippen molar-refractivity contribution in [2.75, 3.05) is 57.9 Å². The molecule has 3 N–H and O–H groups in total. The molecule has 1 unspecified atom stereocenters. The number of benzene rings is 2. The van der Waals surface area contributed by atoms with Gasteiger partial charge in [-0.1, -0.05) is 35.7 Å². The number of ether oxygens (including phenoxy) is 2. The average molecular weight is 579 g/mol. The maximum absolute atomic E-state index is 10.6. The Bertz CT molecular complexity index is 1280. The van der Waals surface area contributed by atoms with Gasteiger partial charge in [-0.15, -0.1) is 0 Å². The molecule has 1 atom stereocenters. The molecule has 0 aromatic heterocycles. The first-order chi connectivity index (χ1) is 19.7. The second kappa shape index (κ2) is 12.0. The van der Waals surface area contributed by atoms with Gasteiger partial charge >= 0.3 is 0 Å². The number of anilines is 1. The van der Waals surface area contributed by atoms with Crippen molar-refractivity contribution in [2.45, 2.75) is 63.6 Å². The van der Waals surface area contributed by atoms with E-state index >= 15 is 0 Å². The van der Waals surface area contributed by atoms with Crippen LogP contribution < -0.4 is 10.6 Å². The van der Waals surface area contributed by atoms with Crippen molar-refractivity contribution >= 4 is 34.9 Å². The van der Waals surface area contributed by atoms with Gasteiger partial charge in [0.1, 0.15) is 6.23 Å². The molecule has 1 saturated carbocycles. The van der Waals surface area contributed by atoms with Crippen LogP contribution in [-0.2, 0) is 9.47 Å². The van der Waals surface area contributed by atoms with E-state index in [0.29, 0.717) is 6.04 Å². The average Bonchev–Trinajstić information content (AvgIpc) is 3.01. The van der Waals surface area contributed by atoms with Gasteiger partial charge in [0.25, 0.3) is 0 Å². The zero-order valence-electron chi connectivity index (χ0n) is 22.8. The van der Waals surface area contributed by atoms with Gasteiger partial charge in [-0.05, 0) is 62.1 Å². The standard InChI is InChI=1S/C31H38N4O3S2/c36-30-20-24(35-12-16-38-17-13-35)19-26(33-30)25-2-1-3-28-31(25)40-27-9-6-22(18-29(27)39-28)32-21-4-7-23(8-5-21)34-10-14-37-15-11-34/h1-3,6,9,18-21,23,30,32-33,36H,4-5,7-8,10-17H2. The number of aliphatic hydroxyl groups is 1. The van der Waals surface area contributed by atoms with Crippen molar-refractivity contribution in [1.82, 2.24) is 15.1 Å². The molecule has 0 spiro atoms. The van der Waals surface area contributed by atoms with Crippen LogP contribution in [0.15, 0.2) is 73.8 Å². The minimum atomic E-state index is -0.709. The molecule has 4 aliphatic heterocycles. The van der Waals surface area contributed by atoms with Crippen molar-refractivity contribution in [3.63, 3.8) is 0 Å². The molecule has 2 aromatic carbocycles. The summed E-state index contributed by atoms with van der Waals surface area (Å²) in [6, 6.07) is 14.6. The lowest BCUT2D eigenvalue weighted by Gasteiger charge is -2.39. The van der Waals surface area contributed by atoms with Gasteiger partial charge in [-0.25, -0.2) is 0 Å². The number of nitrogens with zero attached hydrogens (tertiary/aromatic N) is 2. The number of aliphatic hydroxyl groups excluding tert-OH is 1. The first-order valence-corrected chi connectivity index (χ1v) is 16.3. The Balaban J connectivity index is 1.04. The molecular formula is C31H38N4O3S2. The van der Waals surface area contributed by atoms with Crippen molar-refractivity contribution in [3.05, 3.63) is 59.8 Å². The second-order valence-electron chi connectivity index (χ2n) is 11.1. The molecule has 2 saturated heterocycles. The van der Waals surface area contributed by atoms with E-state index in [0.717, 1.165) is 75.6 Å². The Labute approximate surface area is 245 Å². The molecule has 4 heterocycles. The lowest BCUT2D eigenvalue weighted by Crippen LogP contribution is -2.46. The predicted octanol–water partition coefficient (Wildman–Crippen LogP) is 4.84. The van der Waals surface area contributed by atoms with E-state index < -0.39 is 6.23 Å². The summed E-state index contributed by atoms with van der Waals surface area (Å²) in [6.45, 7) is 7.09. The predicted molar refractivity (Wildman–Crippen MR) is 161 cm³/mol. The van der Waals surface area contributed by atoms with E-state index in [9.17, 15) is 5.11 Å². The van der Waals surface area contributed by atoms with Crippen LogP contribution in [0.25, 0.3) is 5.70 Å². The Morgan fingerprint density at radius 2 is 1.62 bits per heavy atom. The summed E-state index contributed by atoms with van der Waals surface area (Å²) in [5.41, 5.74) is 4.39. The molecule has 2 aromatic rings. The lowest BCUT2D eigenvalue weighted by atomic mass is 9.90. The minimum absolute atomic E-state index is 0.542. The quantitative estimate of drug-likeness (QED) is 0.395. The van der Waals surface area contributed by atoms with Crippen LogP contribution in [0.3, 0.4) is 0 Å². The highest BCUT2D eigenvalue weighted by molar-refractivity contribution is 8.05. The third kappa shape index (κ3) is 5.78. The number of hydrogen-bond donors (Lipinski definition) is 3. The topological polar surface area (TPSA) is 69.2 Å². The van der Waals surface area contributed by atoms with Gasteiger partial charge in [0.2, 0.25) is 0 Å². The summed E-state index contributed by atoms with van der Waals surface area (Å²) in [7, 11) is 0. The zero-order chi connectivity index (χ0) is 26.9. The minimum Gasteiger partial charge on any atom is -0.382 e. The van der Waals surface area contributed by atoms with Crippen LogP contribution in [0, 0.1) is 0 Å². The zero-order valence-corrected chi connectivity index (χ0v) is 24.4. The highest BCUT2D eigenvalue weighted by Crippen LogP contribution is 2.51. The lowest BCUT2D eigenvalue weighted by molar-refractivity contribution is 0.00791.